The normalized spacial score (nSPS) is 48.4. The van der Waals surface area contributed by atoms with Crippen LogP contribution in [0.1, 0.15) is 51.4 Å². The standard InChI is InChI=1S/C30H48O18/c31-9-18-22(37)24(39)26(41)29(47-18)44-13-5-15(33)14-7-17(28(45-16(14)6-13)11-1-3-12(32)4-2-11)46-30-27(42)25(40)23(38)19(48-30)10-43-21(36)8-20(34)35/h11-19,22-33,37-42H,1-10H2,(H,34,35). The van der Waals surface area contributed by atoms with Crippen LogP contribution in [0.25, 0.3) is 0 Å². The van der Waals surface area contributed by atoms with Crippen LogP contribution in [0.3, 0.4) is 0 Å². The summed E-state index contributed by atoms with van der Waals surface area (Å²) in [6.45, 7) is -1.25. The van der Waals surface area contributed by atoms with Crippen molar-refractivity contribution in [1.29, 1.82) is 0 Å². The van der Waals surface area contributed by atoms with Gasteiger partial charge in [0.05, 0.1) is 43.2 Å². The van der Waals surface area contributed by atoms with E-state index >= 15 is 0 Å². The highest BCUT2D eigenvalue weighted by molar-refractivity contribution is 5.90. The summed E-state index contributed by atoms with van der Waals surface area (Å²) in [6.07, 6.45) is -17.9. The van der Waals surface area contributed by atoms with Gasteiger partial charge in [-0.05, 0) is 38.0 Å². The topological polar surface area (TPSA) is 292 Å². The minimum absolute atomic E-state index is 0.0732. The number of ether oxygens (including phenoxy) is 6. The zero-order valence-corrected chi connectivity index (χ0v) is 26.2. The smallest absolute Gasteiger partial charge is 0.317 e. The van der Waals surface area contributed by atoms with E-state index in [2.05, 4.69) is 0 Å². The highest BCUT2D eigenvalue weighted by atomic mass is 16.7. The van der Waals surface area contributed by atoms with Crippen molar-refractivity contribution in [2.45, 2.75) is 149 Å². The fourth-order valence-electron chi connectivity index (χ4n) is 7.53. The Kier molecular flexibility index (Phi) is 12.7. The molecular formula is C30H48O18. The van der Waals surface area contributed by atoms with Gasteiger partial charge in [-0.1, -0.05) is 0 Å². The lowest BCUT2D eigenvalue weighted by Crippen LogP contribution is -2.62. The second-order valence-corrected chi connectivity index (χ2v) is 13.5. The van der Waals surface area contributed by atoms with Gasteiger partial charge in [-0.15, -0.1) is 0 Å². The van der Waals surface area contributed by atoms with Gasteiger partial charge in [0.1, 0.15) is 61.9 Å². The van der Waals surface area contributed by atoms with Crippen molar-refractivity contribution in [3.8, 4) is 0 Å². The van der Waals surface area contributed by atoms with E-state index in [1.165, 1.54) is 0 Å². The molecular weight excluding hydrogens is 648 g/mol. The van der Waals surface area contributed by atoms with E-state index in [0.717, 1.165) is 0 Å². The molecule has 0 amide bonds. The Bertz CT molecular complexity index is 1070. The maximum Gasteiger partial charge on any atom is 0.317 e. The van der Waals surface area contributed by atoms with Gasteiger partial charge in [0.2, 0.25) is 0 Å². The molecule has 276 valence electrons. The van der Waals surface area contributed by atoms with Crippen LogP contribution in [0, 0.1) is 11.8 Å². The molecule has 3 heterocycles. The van der Waals surface area contributed by atoms with Crippen LogP contribution in [-0.4, -0.2) is 174 Å². The first kappa shape index (κ1) is 37.6. The molecule has 0 aromatic heterocycles. The summed E-state index contributed by atoms with van der Waals surface area (Å²) in [6, 6.07) is 0. The third-order valence-electron chi connectivity index (χ3n) is 10.2. The largest absolute Gasteiger partial charge is 0.481 e. The molecule has 2 aliphatic carbocycles. The number of rotatable bonds is 10. The fourth-order valence-corrected chi connectivity index (χ4v) is 7.53. The van der Waals surface area contributed by atoms with E-state index < -0.39 is 136 Å². The van der Waals surface area contributed by atoms with Crippen LogP contribution in [0.5, 0.6) is 0 Å². The van der Waals surface area contributed by atoms with Crippen molar-refractivity contribution in [2.75, 3.05) is 13.2 Å². The van der Waals surface area contributed by atoms with Crippen molar-refractivity contribution >= 4 is 11.9 Å². The molecule has 10 N–H and O–H groups in total. The number of hydrogen-bond acceptors (Lipinski definition) is 17. The molecule has 5 aliphatic rings. The highest BCUT2D eigenvalue weighted by Gasteiger charge is 2.53. The number of hydrogen-bond donors (Lipinski definition) is 10. The van der Waals surface area contributed by atoms with E-state index in [1.54, 1.807) is 0 Å². The first-order valence-corrected chi connectivity index (χ1v) is 16.5. The monoisotopic (exact) mass is 696 g/mol. The van der Waals surface area contributed by atoms with E-state index in [0.29, 0.717) is 25.7 Å². The molecule has 0 spiro atoms. The van der Waals surface area contributed by atoms with Crippen LogP contribution < -0.4 is 0 Å². The molecule has 2 saturated carbocycles. The van der Waals surface area contributed by atoms with E-state index in [4.69, 9.17) is 33.5 Å². The molecule has 3 saturated heterocycles. The van der Waals surface area contributed by atoms with Crippen LogP contribution in [0.2, 0.25) is 0 Å². The van der Waals surface area contributed by atoms with Crippen molar-refractivity contribution in [1.82, 2.24) is 0 Å². The summed E-state index contributed by atoms with van der Waals surface area (Å²) >= 11 is 0. The van der Waals surface area contributed by atoms with Gasteiger partial charge < -0.3 is 79.5 Å². The Morgan fingerprint density at radius 2 is 1.29 bits per heavy atom. The average molecular weight is 697 g/mol. The van der Waals surface area contributed by atoms with E-state index in [9.17, 15) is 55.5 Å². The molecule has 0 aromatic rings. The maximum absolute atomic E-state index is 11.8. The average Bonchev–Trinajstić information content (AvgIpc) is 3.04. The second-order valence-electron chi connectivity index (χ2n) is 13.5. The number of esters is 1. The fraction of sp³-hybridized carbons (Fsp3) is 0.933. The second kappa shape index (κ2) is 16.2. The molecule has 5 fully saturated rings. The van der Waals surface area contributed by atoms with Crippen molar-refractivity contribution in [2.24, 2.45) is 11.8 Å². The summed E-state index contributed by atoms with van der Waals surface area (Å²) in [7, 11) is 0. The van der Waals surface area contributed by atoms with Crippen LogP contribution in [0.4, 0.5) is 0 Å². The summed E-state index contributed by atoms with van der Waals surface area (Å²) in [5.74, 6) is -3.13. The quantitative estimate of drug-likeness (QED) is 0.0766. The molecule has 0 bridgehead atoms. The Hall–Kier alpha value is -1.62. The first-order valence-electron chi connectivity index (χ1n) is 16.5. The predicted octanol–water partition coefficient (Wildman–Crippen LogP) is -4.14. The predicted molar refractivity (Wildman–Crippen MR) is 153 cm³/mol. The van der Waals surface area contributed by atoms with Crippen LogP contribution >= 0.6 is 0 Å². The van der Waals surface area contributed by atoms with Crippen molar-refractivity contribution < 1.29 is 89.1 Å². The van der Waals surface area contributed by atoms with Gasteiger partial charge >= 0.3 is 11.9 Å². The number of carbonyl (C=O) groups excluding carboxylic acids is 1. The number of aliphatic hydroxyl groups excluding tert-OH is 9. The van der Waals surface area contributed by atoms with Crippen LogP contribution in [-0.2, 0) is 38.0 Å². The molecule has 16 unspecified atom stereocenters. The Balaban J connectivity index is 1.28. The molecule has 3 aliphatic heterocycles. The van der Waals surface area contributed by atoms with Crippen LogP contribution in [0.15, 0.2) is 0 Å². The third kappa shape index (κ3) is 8.46. The molecule has 5 rings (SSSR count). The SMILES string of the molecule is O=C(O)CC(=O)OCC1OC(OC2CC3C(O)CC(OC4OC(CO)C(O)C(O)C4O)CC3OC2C2CCC(O)CC2)C(O)C(O)C1O. The van der Waals surface area contributed by atoms with Crippen molar-refractivity contribution in [3.05, 3.63) is 0 Å². The third-order valence-corrected chi connectivity index (χ3v) is 10.2. The Morgan fingerprint density at radius 3 is 1.92 bits per heavy atom. The molecule has 16 atom stereocenters. The Morgan fingerprint density at radius 1 is 0.688 bits per heavy atom. The number of fused-ring (bicyclic) bond motifs is 1. The number of aliphatic hydroxyl groups is 9. The van der Waals surface area contributed by atoms with Gasteiger partial charge in [-0.2, -0.15) is 0 Å². The lowest BCUT2D eigenvalue weighted by molar-refractivity contribution is -0.338. The van der Waals surface area contributed by atoms with Crippen molar-refractivity contribution in [3.63, 3.8) is 0 Å². The number of carbonyl (C=O) groups is 2. The van der Waals surface area contributed by atoms with E-state index in [-0.39, 0.29) is 25.2 Å². The van der Waals surface area contributed by atoms with Gasteiger partial charge in [-0.3, -0.25) is 9.59 Å². The molecule has 18 nitrogen and oxygen atoms in total. The molecule has 0 aromatic carbocycles. The minimum atomic E-state index is -1.77. The maximum atomic E-state index is 11.8. The zero-order valence-electron chi connectivity index (χ0n) is 26.2. The molecule has 0 radical (unpaired) electrons. The van der Waals surface area contributed by atoms with Gasteiger partial charge in [0.25, 0.3) is 0 Å². The molecule has 48 heavy (non-hydrogen) atoms. The summed E-state index contributed by atoms with van der Waals surface area (Å²) in [5, 5.41) is 102. The summed E-state index contributed by atoms with van der Waals surface area (Å²) in [5.41, 5.74) is 0. The lowest BCUT2D eigenvalue weighted by Gasteiger charge is -2.51. The zero-order chi connectivity index (χ0) is 34.9. The Labute approximate surface area is 275 Å². The summed E-state index contributed by atoms with van der Waals surface area (Å²) in [4.78, 5) is 22.6. The number of carboxylic acids is 1. The highest BCUT2D eigenvalue weighted by Crippen LogP contribution is 2.44. The van der Waals surface area contributed by atoms with Gasteiger partial charge in [0.15, 0.2) is 12.6 Å². The van der Waals surface area contributed by atoms with Gasteiger partial charge in [0, 0.05) is 18.8 Å². The number of carboxylic acid groups (broad SMARTS) is 1. The molecule has 18 heteroatoms. The minimum Gasteiger partial charge on any atom is -0.481 e. The lowest BCUT2D eigenvalue weighted by atomic mass is 9.73. The van der Waals surface area contributed by atoms with Gasteiger partial charge in [-0.25, -0.2) is 0 Å². The number of aliphatic carboxylic acids is 1. The summed E-state index contributed by atoms with van der Waals surface area (Å²) < 4.78 is 34.8. The van der Waals surface area contributed by atoms with E-state index in [1.807, 2.05) is 0 Å². The first-order chi connectivity index (χ1) is 22.8.